The molecular weight excluding hydrogens is 434 g/mol. The van der Waals surface area contributed by atoms with Crippen LogP contribution in [0.1, 0.15) is 24.1 Å². The van der Waals surface area contributed by atoms with E-state index in [4.69, 9.17) is 21.7 Å². The maximum absolute atomic E-state index is 13.8. The van der Waals surface area contributed by atoms with Gasteiger partial charge in [0, 0.05) is 16.9 Å². The van der Waals surface area contributed by atoms with Crippen molar-refractivity contribution in [3.8, 4) is 11.5 Å². The number of amides is 1. The van der Waals surface area contributed by atoms with Crippen molar-refractivity contribution in [2.75, 3.05) is 17.3 Å². The van der Waals surface area contributed by atoms with Crippen LogP contribution < -0.4 is 25.0 Å². The Balaban J connectivity index is 1.59. The second kappa shape index (κ2) is 8.08. The summed E-state index contributed by atoms with van der Waals surface area (Å²) in [6.45, 7) is 3.96. The van der Waals surface area contributed by atoms with Crippen molar-refractivity contribution >= 4 is 34.6 Å². The number of para-hydroxylation sites is 1. The smallest absolute Gasteiger partial charge is 0.236 e. The molecule has 0 unspecified atom stereocenters. The normalized spacial score (nSPS) is 23.1. The molecule has 3 aromatic rings. The van der Waals surface area contributed by atoms with Gasteiger partial charge in [-0.3, -0.25) is 9.69 Å². The summed E-state index contributed by atoms with van der Waals surface area (Å²) < 4.78 is 11.8. The van der Waals surface area contributed by atoms with Gasteiger partial charge in [-0.2, -0.15) is 0 Å². The summed E-state index contributed by atoms with van der Waals surface area (Å²) in [5.41, 5.74) is 2.53. The lowest BCUT2D eigenvalue weighted by atomic mass is 9.78. The first-order valence-electron chi connectivity index (χ1n) is 10.8. The van der Waals surface area contributed by atoms with E-state index in [0.29, 0.717) is 10.8 Å². The summed E-state index contributed by atoms with van der Waals surface area (Å²) in [5, 5.41) is 7.01. The molecular formula is C26H25N3O3S. The average molecular weight is 460 g/mol. The summed E-state index contributed by atoms with van der Waals surface area (Å²) in [5.74, 6) is 0.729. The highest BCUT2D eigenvalue weighted by Crippen LogP contribution is 2.49. The number of fused-ring (bicyclic) bond motifs is 4. The number of aryl methyl sites for hydroxylation is 1. The van der Waals surface area contributed by atoms with Gasteiger partial charge in [0.15, 0.2) is 10.8 Å². The Bertz CT molecular complexity index is 1230. The van der Waals surface area contributed by atoms with Crippen molar-refractivity contribution in [1.82, 2.24) is 5.32 Å². The van der Waals surface area contributed by atoms with Gasteiger partial charge in [-0.25, -0.2) is 0 Å². The highest BCUT2D eigenvalue weighted by Gasteiger charge is 2.59. The first-order chi connectivity index (χ1) is 15.9. The van der Waals surface area contributed by atoms with Crippen LogP contribution >= 0.6 is 12.2 Å². The van der Waals surface area contributed by atoms with Gasteiger partial charge in [0.05, 0.1) is 13.2 Å². The van der Waals surface area contributed by atoms with Gasteiger partial charge < -0.3 is 20.1 Å². The van der Waals surface area contributed by atoms with Crippen LogP contribution in [0.25, 0.3) is 0 Å². The van der Waals surface area contributed by atoms with Gasteiger partial charge in [-0.1, -0.05) is 30.3 Å². The maximum atomic E-state index is 13.8. The van der Waals surface area contributed by atoms with Gasteiger partial charge in [-0.05, 0) is 74.1 Å². The van der Waals surface area contributed by atoms with Crippen LogP contribution in [0.5, 0.6) is 11.5 Å². The summed E-state index contributed by atoms with van der Waals surface area (Å²) in [6.07, 6.45) is 0. The molecule has 2 bridgehead atoms. The minimum absolute atomic E-state index is 0.158. The molecule has 3 aromatic carbocycles. The molecule has 0 aliphatic carbocycles. The Labute approximate surface area is 198 Å². The third-order valence-electron chi connectivity index (χ3n) is 6.31. The zero-order chi connectivity index (χ0) is 23.2. The highest BCUT2D eigenvalue weighted by molar-refractivity contribution is 7.80. The van der Waals surface area contributed by atoms with E-state index < -0.39 is 11.6 Å². The van der Waals surface area contributed by atoms with Crippen LogP contribution in [-0.2, 0) is 4.79 Å². The van der Waals surface area contributed by atoms with E-state index in [9.17, 15) is 4.79 Å². The lowest BCUT2D eigenvalue weighted by Crippen LogP contribution is -2.72. The molecule has 1 saturated heterocycles. The van der Waals surface area contributed by atoms with E-state index in [2.05, 4.69) is 10.6 Å². The highest BCUT2D eigenvalue weighted by atomic mass is 32.1. The van der Waals surface area contributed by atoms with Crippen LogP contribution in [0.2, 0.25) is 0 Å². The van der Waals surface area contributed by atoms with E-state index in [1.54, 1.807) is 7.11 Å². The largest absolute Gasteiger partial charge is 0.497 e. The molecule has 0 saturated carbocycles. The molecule has 2 heterocycles. The Morgan fingerprint density at radius 2 is 1.88 bits per heavy atom. The Morgan fingerprint density at radius 3 is 2.61 bits per heavy atom. The Morgan fingerprint density at radius 1 is 1.12 bits per heavy atom. The second-order valence-corrected chi connectivity index (χ2v) is 8.88. The fraction of sp³-hybridized carbons (Fsp3) is 0.231. The number of benzene rings is 3. The number of hydrogen-bond acceptors (Lipinski definition) is 4. The summed E-state index contributed by atoms with van der Waals surface area (Å²) in [7, 11) is 1.61. The minimum Gasteiger partial charge on any atom is -0.497 e. The van der Waals surface area contributed by atoms with E-state index in [1.807, 2.05) is 91.5 Å². The molecule has 2 aliphatic heterocycles. The molecule has 33 heavy (non-hydrogen) atoms. The fourth-order valence-electron chi connectivity index (χ4n) is 4.78. The van der Waals surface area contributed by atoms with Gasteiger partial charge in [0.2, 0.25) is 5.91 Å². The molecule has 0 spiro atoms. The van der Waals surface area contributed by atoms with Crippen molar-refractivity contribution < 1.29 is 14.3 Å². The average Bonchev–Trinajstić information content (AvgIpc) is 2.79. The number of anilines is 2. The number of methoxy groups -OCH3 is 1. The lowest BCUT2D eigenvalue weighted by molar-refractivity contribution is -0.130. The molecule has 0 radical (unpaired) electrons. The van der Waals surface area contributed by atoms with Crippen LogP contribution in [0.4, 0.5) is 11.4 Å². The number of nitrogens with zero attached hydrogens (tertiary/aromatic N) is 1. The Hall–Kier alpha value is -3.58. The quantitative estimate of drug-likeness (QED) is 0.547. The van der Waals surface area contributed by atoms with Gasteiger partial charge in [-0.15, -0.1) is 0 Å². The first kappa shape index (κ1) is 21.3. The van der Waals surface area contributed by atoms with Crippen LogP contribution in [0, 0.1) is 12.8 Å². The molecule has 6 nitrogen and oxygen atoms in total. The minimum atomic E-state index is -1.04. The van der Waals surface area contributed by atoms with E-state index >= 15 is 0 Å². The van der Waals surface area contributed by atoms with Gasteiger partial charge in [0.1, 0.15) is 17.4 Å². The number of hydrogen-bond donors (Lipinski definition) is 2. The molecule has 0 aromatic heterocycles. The standard InChI is InChI=1S/C26H25N3O3S/c1-16-7-6-8-18(15-16)29-25(33)28-23-20-9-4-5-10-21(20)32-26(29,2)22(23)24(30)27-17-11-13-19(31-3)14-12-17/h4-15,22-23H,1-3H3,(H,27,30)(H,28,33)/t22-,23+,26+/m1/s1. The van der Waals surface area contributed by atoms with E-state index in [1.165, 1.54) is 0 Å². The predicted octanol–water partition coefficient (Wildman–Crippen LogP) is 4.80. The zero-order valence-corrected chi connectivity index (χ0v) is 19.5. The monoisotopic (exact) mass is 459 g/mol. The number of thiocarbonyl (C=S) groups is 1. The Kier molecular flexibility index (Phi) is 5.21. The van der Waals surface area contributed by atoms with Crippen molar-refractivity contribution in [2.45, 2.75) is 25.6 Å². The molecule has 168 valence electrons. The predicted molar refractivity (Wildman–Crippen MR) is 133 cm³/mol. The summed E-state index contributed by atoms with van der Waals surface area (Å²) in [6, 6.07) is 22.8. The van der Waals surface area contributed by atoms with E-state index in [0.717, 1.165) is 28.3 Å². The number of ether oxygens (including phenoxy) is 2. The molecule has 3 atom stereocenters. The molecule has 5 rings (SSSR count). The van der Waals surface area contributed by atoms with Crippen LogP contribution in [0.3, 0.4) is 0 Å². The number of carbonyl (C=O) groups excluding carboxylic acids is 1. The third kappa shape index (κ3) is 3.58. The summed E-state index contributed by atoms with van der Waals surface area (Å²) in [4.78, 5) is 15.7. The van der Waals surface area contributed by atoms with Crippen LogP contribution in [0.15, 0.2) is 72.8 Å². The number of nitrogens with one attached hydrogen (secondary N) is 2. The van der Waals surface area contributed by atoms with Gasteiger partial charge in [0.25, 0.3) is 0 Å². The molecule has 2 N–H and O–H groups in total. The van der Waals surface area contributed by atoms with E-state index in [-0.39, 0.29) is 11.9 Å². The lowest BCUT2D eigenvalue weighted by Gasteiger charge is -2.56. The third-order valence-corrected chi connectivity index (χ3v) is 6.61. The SMILES string of the molecule is COc1ccc(NC(=O)[C@H]2[C@H]3NC(=S)N(c4cccc(C)c4)[C@@]2(C)Oc2ccccc23)cc1. The maximum Gasteiger partial charge on any atom is 0.236 e. The first-order valence-corrected chi connectivity index (χ1v) is 11.2. The van der Waals surface area contributed by atoms with Crippen molar-refractivity contribution in [3.05, 3.63) is 83.9 Å². The van der Waals surface area contributed by atoms with Crippen molar-refractivity contribution in [3.63, 3.8) is 0 Å². The number of rotatable bonds is 4. The zero-order valence-electron chi connectivity index (χ0n) is 18.7. The molecule has 2 aliphatic rings. The summed E-state index contributed by atoms with van der Waals surface area (Å²) >= 11 is 5.79. The molecule has 7 heteroatoms. The van der Waals surface area contributed by atoms with Crippen molar-refractivity contribution in [2.24, 2.45) is 5.92 Å². The second-order valence-electron chi connectivity index (χ2n) is 8.49. The molecule has 1 fully saturated rings. The fourth-order valence-corrected chi connectivity index (χ4v) is 5.19. The topological polar surface area (TPSA) is 62.8 Å². The van der Waals surface area contributed by atoms with Crippen LogP contribution in [-0.4, -0.2) is 23.9 Å². The molecule has 1 amide bonds. The van der Waals surface area contributed by atoms with Crippen molar-refractivity contribution in [1.29, 1.82) is 0 Å². The van der Waals surface area contributed by atoms with Gasteiger partial charge >= 0.3 is 0 Å². The number of carbonyl (C=O) groups is 1.